The minimum Gasteiger partial charge on any atom is -0.497 e. The van der Waals surface area contributed by atoms with E-state index in [4.69, 9.17) is 4.74 Å². The fraction of sp³-hybridized carbons (Fsp3) is 0.0556. The molecule has 0 unspecified atom stereocenters. The summed E-state index contributed by atoms with van der Waals surface area (Å²) in [6.07, 6.45) is 0. The van der Waals surface area contributed by atoms with E-state index in [1.165, 1.54) is 11.3 Å². The molecule has 0 saturated carbocycles. The SMILES string of the molecule is COc1ccc(-c2ccc(C(=O)c3ccccc3)s2)cc1. The van der Waals surface area contributed by atoms with E-state index in [1.54, 1.807) is 7.11 Å². The summed E-state index contributed by atoms with van der Waals surface area (Å²) in [5, 5.41) is 0. The molecule has 0 spiro atoms. The van der Waals surface area contributed by atoms with Crippen LogP contribution >= 0.6 is 11.3 Å². The second-order valence-corrected chi connectivity index (χ2v) is 5.67. The van der Waals surface area contributed by atoms with Crippen molar-refractivity contribution in [1.29, 1.82) is 0 Å². The second kappa shape index (κ2) is 5.94. The molecule has 3 heteroatoms. The van der Waals surface area contributed by atoms with Crippen molar-refractivity contribution < 1.29 is 9.53 Å². The van der Waals surface area contributed by atoms with Crippen molar-refractivity contribution in [3.8, 4) is 16.2 Å². The first kappa shape index (κ1) is 13.6. The van der Waals surface area contributed by atoms with E-state index in [0.29, 0.717) is 0 Å². The van der Waals surface area contributed by atoms with Crippen molar-refractivity contribution in [2.24, 2.45) is 0 Å². The minimum absolute atomic E-state index is 0.0698. The van der Waals surface area contributed by atoms with Crippen LogP contribution in [0.4, 0.5) is 0 Å². The highest BCUT2D eigenvalue weighted by molar-refractivity contribution is 7.17. The quantitative estimate of drug-likeness (QED) is 0.654. The van der Waals surface area contributed by atoms with Crippen LogP contribution in [0.25, 0.3) is 10.4 Å². The number of benzene rings is 2. The Labute approximate surface area is 127 Å². The van der Waals surface area contributed by atoms with E-state index < -0.39 is 0 Å². The first-order chi connectivity index (χ1) is 10.3. The van der Waals surface area contributed by atoms with Crippen LogP contribution in [0.3, 0.4) is 0 Å². The van der Waals surface area contributed by atoms with Crippen LogP contribution in [0.1, 0.15) is 15.2 Å². The topological polar surface area (TPSA) is 26.3 Å². The van der Waals surface area contributed by atoms with Crippen molar-refractivity contribution >= 4 is 17.1 Å². The highest BCUT2D eigenvalue weighted by Gasteiger charge is 2.12. The number of ketones is 1. The molecular weight excluding hydrogens is 280 g/mol. The second-order valence-electron chi connectivity index (χ2n) is 4.59. The summed E-state index contributed by atoms with van der Waals surface area (Å²) in [5.41, 5.74) is 1.81. The molecular formula is C18H14O2S. The van der Waals surface area contributed by atoms with Crippen LogP contribution in [0, 0.1) is 0 Å². The Hall–Kier alpha value is -2.39. The summed E-state index contributed by atoms with van der Waals surface area (Å²) in [7, 11) is 1.65. The summed E-state index contributed by atoms with van der Waals surface area (Å²) in [6.45, 7) is 0. The third-order valence-electron chi connectivity index (χ3n) is 3.24. The molecule has 0 aliphatic carbocycles. The maximum atomic E-state index is 12.4. The molecule has 3 rings (SSSR count). The molecule has 0 aliphatic rings. The zero-order chi connectivity index (χ0) is 14.7. The fourth-order valence-corrected chi connectivity index (χ4v) is 3.08. The third kappa shape index (κ3) is 2.88. The van der Waals surface area contributed by atoms with Gasteiger partial charge in [0.15, 0.2) is 0 Å². The summed E-state index contributed by atoms with van der Waals surface area (Å²) in [5.74, 6) is 0.899. The van der Waals surface area contributed by atoms with Crippen LogP contribution in [0.5, 0.6) is 5.75 Å². The lowest BCUT2D eigenvalue weighted by molar-refractivity contribution is 0.104. The molecule has 0 bridgehead atoms. The number of ether oxygens (including phenoxy) is 1. The standard InChI is InChI=1S/C18H14O2S/c1-20-15-9-7-13(8-10-15)16-11-12-17(21-16)18(19)14-5-3-2-4-6-14/h2-12H,1H3. The number of thiophene rings is 1. The first-order valence-corrected chi connectivity index (χ1v) is 7.43. The molecule has 0 saturated heterocycles. The maximum Gasteiger partial charge on any atom is 0.202 e. The molecule has 3 aromatic rings. The van der Waals surface area contributed by atoms with Crippen LogP contribution in [0.2, 0.25) is 0 Å². The lowest BCUT2D eigenvalue weighted by atomic mass is 10.1. The van der Waals surface area contributed by atoms with Gasteiger partial charge in [-0.2, -0.15) is 0 Å². The van der Waals surface area contributed by atoms with Gasteiger partial charge in [-0.05, 0) is 42.0 Å². The van der Waals surface area contributed by atoms with Crippen molar-refractivity contribution in [3.63, 3.8) is 0 Å². The summed E-state index contributed by atoms with van der Waals surface area (Å²) in [4.78, 5) is 14.2. The van der Waals surface area contributed by atoms with E-state index in [0.717, 1.165) is 26.6 Å². The van der Waals surface area contributed by atoms with Gasteiger partial charge < -0.3 is 4.74 Å². The predicted octanol–water partition coefficient (Wildman–Crippen LogP) is 4.65. The molecule has 0 N–H and O–H groups in total. The van der Waals surface area contributed by atoms with Gasteiger partial charge in [-0.25, -0.2) is 0 Å². The minimum atomic E-state index is 0.0698. The lowest BCUT2D eigenvalue weighted by Gasteiger charge is -2.01. The predicted molar refractivity (Wildman–Crippen MR) is 86.2 cm³/mol. The Balaban J connectivity index is 1.87. The first-order valence-electron chi connectivity index (χ1n) is 6.62. The highest BCUT2D eigenvalue weighted by atomic mass is 32.1. The molecule has 0 amide bonds. The van der Waals surface area contributed by atoms with Crippen LogP contribution in [-0.2, 0) is 0 Å². The molecule has 104 valence electrons. The third-order valence-corrected chi connectivity index (χ3v) is 4.37. The van der Waals surface area contributed by atoms with Gasteiger partial charge in [-0.3, -0.25) is 4.79 Å². The van der Waals surface area contributed by atoms with Gasteiger partial charge >= 0.3 is 0 Å². The fourth-order valence-electron chi connectivity index (χ4n) is 2.10. The van der Waals surface area contributed by atoms with Gasteiger partial charge in [-0.1, -0.05) is 30.3 Å². The van der Waals surface area contributed by atoms with Gasteiger partial charge in [-0.15, -0.1) is 11.3 Å². The Morgan fingerprint density at radius 2 is 1.62 bits per heavy atom. The normalized spacial score (nSPS) is 10.3. The van der Waals surface area contributed by atoms with E-state index in [9.17, 15) is 4.79 Å². The van der Waals surface area contributed by atoms with Gasteiger partial charge in [0, 0.05) is 10.4 Å². The maximum absolute atomic E-state index is 12.4. The molecule has 1 aromatic heterocycles. The molecule has 1 heterocycles. The Kier molecular flexibility index (Phi) is 3.84. The Morgan fingerprint density at radius 1 is 0.905 bits per heavy atom. The Morgan fingerprint density at radius 3 is 2.29 bits per heavy atom. The zero-order valence-electron chi connectivity index (χ0n) is 11.6. The summed E-state index contributed by atoms with van der Waals surface area (Å²) < 4.78 is 5.16. The van der Waals surface area contributed by atoms with E-state index in [2.05, 4.69) is 0 Å². The largest absolute Gasteiger partial charge is 0.497 e. The number of hydrogen-bond acceptors (Lipinski definition) is 3. The van der Waals surface area contributed by atoms with E-state index in [-0.39, 0.29) is 5.78 Å². The van der Waals surface area contributed by atoms with E-state index >= 15 is 0 Å². The van der Waals surface area contributed by atoms with E-state index in [1.807, 2.05) is 66.7 Å². The van der Waals surface area contributed by atoms with Crippen LogP contribution in [-0.4, -0.2) is 12.9 Å². The van der Waals surface area contributed by atoms with Gasteiger partial charge in [0.1, 0.15) is 5.75 Å². The number of carbonyl (C=O) groups excluding carboxylic acids is 1. The average molecular weight is 294 g/mol. The summed E-state index contributed by atoms with van der Waals surface area (Å²) >= 11 is 1.51. The van der Waals surface area contributed by atoms with Gasteiger partial charge in [0.25, 0.3) is 0 Å². The van der Waals surface area contributed by atoms with Crippen LogP contribution < -0.4 is 4.74 Å². The number of methoxy groups -OCH3 is 1. The number of rotatable bonds is 4. The highest BCUT2D eigenvalue weighted by Crippen LogP contribution is 2.30. The lowest BCUT2D eigenvalue weighted by Crippen LogP contribution is -1.97. The molecule has 0 radical (unpaired) electrons. The molecule has 0 fully saturated rings. The van der Waals surface area contributed by atoms with Crippen molar-refractivity contribution in [2.75, 3.05) is 7.11 Å². The van der Waals surface area contributed by atoms with Crippen LogP contribution in [0.15, 0.2) is 66.7 Å². The molecule has 2 aromatic carbocycles. The molecule has 0 atom stereocenters. The molecule has 21 heavy (non-hydrogen) atoms. The monoisotopic (exact) mass is 294 g/mol. The number of carbonyl (C=O) groups is 1. The van der Waals surface area contributed by atoms with Crippen molar-refractivity contribution in [1.82, 2.24) is 0 Å². The summed E-state index contributed by atoms with van der Waals surface area (Å²) in [6, 6.07) is 21.1. The van der Waals surface area contributed by atoms with Gasteiger partial charge in [0.2, 0.25) is 5.78 Å². The smallest absolute Gasteiger partial charge is 0.202 e. The number of hydrogen-bond donors (Lipinski definition) is 0. The molecule has 0 aliphatic heterocycles. The Bertz CT molecular complexity index is 742. The van der Waals surface area contributed by atoms with Crippen molar-refractivity contribution in [3.05, 3.63) is 77.2 Å². The van der Waals surface area contributed by atoms with Gasteiger partial charge in [0.05, 0.1) is 12.0 Å². The molecule has 2 nitrogen and oxygen atoms in total. The zero-order valence-corrected chi connectivity index (χ0v) is 12.4. The van der Waals surface area contributed by atoms with Crippen molar-refractivity contribution in [2.45, 2.75) is 0 Å². The average Bonchev–Trinajstić information content (AvgIpc) is 3.05.